The third-order valence-corrected chi connectivity index (χ3v) is 7.12. The summed E-state index contributed by atoms with van der Waals surface area (Å²) < 4.78 is 12.8. The van der Waals surface area contributed by atoms with Crippen LogP contribution in [-0.4, -0.2) is 17.7 Å². The van der Waals surface area contributed by atoms with Gasteiger partial charge in [0.1, 0.15) is 23.3 Å². The van der Waals surface area contributed by atoms with Crippen LogP contribution in [0, 0.1) is 11.3 Å². The van der Waals surface area contributed by atoms with E-state index in [-0.39, 0.29) is 0 Å². The fourth-order valence-electron chi connectivity index (χ4n) is 4.52. The van der Waals surface area contributed by atoms with E-state index in [9.17, 15) is 15.2 Å². The first-order valence-corrected chi connectivity index (χ1v) is 13.2. The minimum atomic E-state index is -1.05. The maximum Gasteiger partial charge on any atom is 0.341 e. The summed E-state index contributed by atoms with van der Waals surface area (Å²) >= 11 is 3.71. The van der Waals surface area contributed by atoms with Gasteiger partial charge >= 0.3 is 5.97 Å². The summed E-state index contributed by atoms with van der Waals surface area (Å²) in [5, 5.41) is 20.7. The smallest absolute Gasteiger partial charge is 0.341 e. The molecular formula is C33H24BrNO4. The van der Waals surface area contributed by atoms with Crippen molar-refractivity contribution in [3.8, 4) is 23.3 Å². The maximum atomic E-state index is 11.4. The quantitative estimate of drug-likeness (QED) is 0.192. The zero-order valence-electron chi connectivity index (χ0n) is 20.9. The summed E-state index contributed by atoms with van der Waals surface area (Å²) in [6.45, 7) is -0.461. The predicted molar refractivity (Wildman–Crippen MR) is 155 cm³/mol. The van der Waals surface area contributed by atoms with Gasteiger partial charge in [0.2, 0.25) is 0 Å². The Morgan fingerprint density at radius 1 is 0.795 bits per heavy atom. The molecule has 5 nitrogen and oxygen atoms in total. The van der Waals surface area contributed by atoms with E-state index < -0.39 is 12.6 Å². The first-order valence-electron chi connectivity index (χ1n) is 12.4. The summed E-state index contributed by atoms with van der Waals surface area (Å²) in [5.41, 5.74) is 4.47. The number of hydrogen-bond acceptors (Lipinski definition) is 4. The van der Waals surface area contributed by atoms with E-state index in [0.29, 0.717) is 40.1 Å². The number of aliphatic carboxylic acids is 1. The minimum absolute atomic E-state index is 0.436. The molecule has 0 heterocycles. The largest absolute Gasteiger partial charge is 0.480 e. The van der Waals surface area contributed by atoms with Crippen LogP contribution in [0.4, 0.5) is 0 Å². The Morgan fingerprint density at radius 2 is 1.38 bits per heavy atom. The van der Waals surface area contributed by atoms with E-state index in [4.69, 9.17) is 9.47 Å². The second kappa shape index (κ2) is 11.8. The van der Waals surface area contributed by atoms with E-state index in [1.165, 1.54) is 0 Å². The molecule has 6 heteroatoms. The normalized spacial score (nSPS) is 10.7. The van der Waals surface area contributed by atoms with Crippen LogP contribution in [-0.2, 0) is 17.6 Å². The molecule has 0 saturated carbocycles. The van der Waals surface area contributed by atoms with Crippen LogP contribution in [0.3, 0.4) is 0 Å². The van der Waals surface area contributed by atoms with Crippen molar-refractivity contribution in [1.82, 2.24) is 0 Å². The molecule has 0 bridgehead atoms. The third-order valence-electron chi connectivity index (χ3n) is 6.33. The number of benzene rings is 5. The van der Waals surface area contributed by atoms with Crippen molar-refractivity contribution >= 4 is 32.7 Å². The molecule has 0 radical (unpaired) electrons. The van der Waals surface area contributed by atoms with Gasteiger partial charge in [0.05, 0.1) is 10.0 Å². The molecule has 192 valence electrons. The lowest BCUT2D eigenvalue weighted by molar-refractivity contribution is -0.139. The van der Waals surface area contributed by atoms with Gasteiger partial charge in [0, 0.05) is 23.8 Å². The Hall–Kier alpha value is -4.60. The predicted octanol–water partition coefficient (Wildman–Crippen LogP) is 7.91. The van der Waals surface area contributed by atoms with Crippen LogP contribution >= 0.6 is 15.9 Å². The van der Waals surface area contributed by atoms with E-state index >= 15 is 0 Å². The number of fused-ring (bicyclic) bond motifs is 1. The van der Waals surface area contributed by atoms with Gasteiger partial charge in [0.15, 0.2) is 6.61 Å². The third kappa shape index (κ3) is 6.11. The highest BCUT2D eigenvalue weighted by Crippen LogP contribution is 2.42. The Morgan fingerprint density at radius 3 is 2.03 bits per heavy atom. The van der Waals surface area contributed by atoms with Crippen molar-refractivity contribution in [3.63, 3.8) is 0 Å². The molecule has 5 aromatic rings. The van der Waals surface area contributed by atoms with Crippen molar-refractivity contribution in [1.29, 1.82) is 5.26 Å². The number of carboxylic acid groups (broad SMARTS) is 1. The zero-order chi connectivity index (χ0) is 27.2. The molecule has 0 aromatic heterocycles. The Kier molecular flexibility index (Phi) is 7.91. The van der Waals surface area contributed by atoms with Gasteiger partial charge < -0.3 is 14.6 Å². The Bertz CT molecular complexity index is 1680. The summed E-state index contributed by atoms with van der Waals surface area (Å²) in [4.78, 5) is 11.4. The Labute approximate surface area is 235 Å². The van der Waals surface area contributed by atoms with Crippen LogP contribution < -0.4 is 9.47 Å². The maximum absolute atomic E-state index is 11.4. The molecule has 5 aromatic carbocycles. The van der Waals surface area contributed by atoms with Crippen molar-refractivity contribution in [3.05, 3.63) is 135 Å². The molecule has 39 heavy (non-hydrogen) atoms. The minimum Gasteiger partial charge on any atom is -0.480 e. The number of rotatable bonds is 9. The number of hydrogen-bond donors (Lipinski definition) is 1. The van der Waals surface area contributed by atoms with Gasteiger partial charge in [-0.3, -0.25) is 0 Å². The van der Waals surface area contributed by atoms with Gasteiger partial charge in [-0.25, -0.2) is 4.79 Å². The van der Waals surface area contributed by atoms with Gasteiger partial charge in [-0.1, -0.05) is 72.8 Å². The van der Waals surface area contributed by atoms with E-state index in [1.807, 2.05) is 66.7 Å². The molecule has 0 amide bonds. The number of nitriles is 1. The second-order valence-corrected chi connectivity index (χ2v) is 9.87. The number of nitrogens with zero attached hydrogens (tertiary/aromatic N) is 1. The van der Waals surface area contributed by atoms with Gasteiger partial charge in [0.25, 0.3) is 0 Å². The number of carboxylic acids is 1. The molecule has 1 N–H and O–H groups in total. The average Bonchev–Trinajstić information content (AvgIpc) is 2.95. The molecule has 0 aliphatic carbocycles. The van der Waals surface area contributed by atoms with Gasteiger partial charge in [-0.15, -0.1) is 0 Å². The van der Waals surface area contributed by atoms with Crippen molar-refractivity contribution in [2.75, 3.05) is 6.61 Å². The van der Waals surface area contributed by atoms with Crippen LogP contribution in [0.5, 0.6) is 17.2 Å². The van der Waals surface area contributed by atoms with E-state index in [1.54, 1.807) is 18.2 Å². The van der Waals surface area contributed by atoms with Gasteiger partial charge in [-0.05, 0) is 68.3 Å². The van der Waals surface area contributed by atoms with E-state index in [2.05, 4.69) is 40.2 Å². The highest BCUT2D eigenvalue weighted by molar-refractivity contribution is 9.10. The van der Waals surface area contributed by atoms with Crippen LogP contribution in [0.1, 0.15) is 27.8 Å². The molecule has 0 aliphatic rings. The second-order valence-electron chi connectivity index (χ2n) is 9.08. The zero-order valence-corrected chi connectivity index (χ0v) is 22.5. The SMILES string of the molecule is N#Cc1ccccc1Oc1cc2c(Br)c(OCC(=O)O)c(Cc3ccccc3)cc2cc1Cc1ccccc1. The topological polar surface area (TPSA) is 79.5 Å². The van der Waals surface area contributed by atoms with Crippen LogP contribution in [0.25, 0.3) is 10.8 Å². The van der Waals surface area contributed by atoms with Crippen molar-refractivity contribution in [2.45, 2.75) is 12.8 Å². The number of ether oxygens (including phenoxy) is 2. The number of para-hydroxylation sites is 1. The molecule has 0 fully saturated rings. The number of halogens is 1. The fraction of sp³-hybridized carbons (Fsp3) is 0.0909. The molecule has 0 atom stereocenters. The molecular weight excluding hydrogens is 554 g/mol. The van der Waals surface area contributed by atoms with Crippen molar-refractivity contribution in [2.24, 2.45) is 0 Å². The molecule has 0 spiro atoms. The lowest BCUT2D eigenvalue weighted by Gasteiger charge is -2.18. The van der Waals surface area contributed by atoms with Crippen LogP contribution in [0.2, 0.25) is 0 Å². The summed E-state index contributed by atoms with van der Waals surface area (Å²) in [6, 6.07) is 35.5. The first kappa shape index (κ1) is 26.0. The standard InChI is InChI=1S/C33H24BrNO4/c34-32-28-19-30(39-29-14-8-7-13-24(29)20-35)26(15-22-9-3-1-4-10-22)17-25(28)18-27(33(32)38-21-31(36)37)16-23-11-5-2-6-12-23/h1-14,17-19H,15-16,21H2,(H,36,37). The highest BCUT2D eigenvalue weighted by Gasteiger charge is 2.19. The Balaban J connectivity index is 1.67. The van der Waals surface area contributed by atoms with E-state index in [0.717, 1.165) is 33.0 Å². The van der Waals surface area contributed by atoms with Gasteiger partial charge in [-0.2, -0.15) is 5.26 Å². The lowest BCUT2D eigenvalue weighted by atomic mass is 9.96. The van der Waals surface area contributed by atoms with Crippen LogP contribution in [0.15, 0.2) is 108 Å². The summed E-state index contributed by atoms with van der Waals surface area (Å²) in [6.07, 6.45) is 1.20. The van der Waals surface area contributed by atoms with Crippen molar-refractivity contribution < 1.29 is 19.4 Å². The number of carbonyl (C=O) groups is 1. The first-order chi connectivity index (χ1) is 19.0. The average molecular weight is 578 g/mol. The highest BCUT2D eigenvalue weighted by atomic mass is 79.9. The molecule has 0 unspecified atom stereocenters. The molecule has 0 saturated heterocycles. The fourth-order valence-corrected chi connectivity index (χ4v) is 5.23. The molecule has 0 aliphatic heterocycles. The monoisotopic (exact) mass is 577 g/mol. The summed E-state index contributed by atoms with van der Waals surface area (Å²) in [7, 11) is 0. The molecule has 5 rings (SSSR count). The lowest BCUT2D eigenvalue weighted by Crippen LogP contribution is -2.11. The summed E-state index contributed by atoms with van der Waals surface area (Å²) in [5.74, 6) is 0.499.